The van der Waals surface area contributed by atoms with Crippen molar-refractivity contribution in [3.05, 3.63) is 29.1 Å². The molecule has 2 aromatic heterocycles. The molecule has 24 heavy (non-hydrogen) atoms. The number of fused-ring (bicyclic) bond motifs is 1. The fourth-order valence-electron chi connectivity index (χ4n) is 3.85. The third-order valence-corrected chi connectivity index (χ3v) is 5.16. The van der Waals surface area contributed by atoms with Gasteiger partial charge >= 0.3 is 5.97 Å². The molecule has 0 bridgehead atoms. The molecule has 1 aliphatic rings. The van der Waals surface area contributed by atoms with E-state index in [1.165, 1.54) is 32.1 Å². The summed E-state index contributed by atoms with van der Waals surface area (Å²) in [6.07, 6.45) is 6.33. The van der Waals surface area contributed by atoms with E-state index in [4.69, 9.17) is 4.98 Å². The van der Waals surface area contributed by atoms with Gasteiger partial charge in [0.1, 0.15) is 11.5 Å². The molecule has 3 rings (SSSR count). The lowest BCUT2D eigenvalue weighted by atomic mass is 9.94. The van der Waals surface area contributed by atoms with Gasteiger partial charge in [-0.1, -0.05) is 33.1 Å². The number of hydrogen-bond acceptors (Lipinski definition) is 3. The summed E-state index contributed by atoms with van der Waals surface area (Å²) in [5.74, 6) is 0.511. The van der Waals surface area contributed by atoms with Crippen LogP contribution in [0.15, 0.2) is 12.1 Å². The number of pyridine rings is 1. The summed E-state index contributed by atoms with van der Waals surface area (Å²) in [7, 11) is 2.16. The highest BCUT2D eigenvalue weighted by atomic mass is 16.4. The van der Waals surface area contributed by atoms with Gasteiger partial charge in [-0.15, -0.1) is 0 Å². The average molecular weight is 329 g/mol. The molecule has 0 atom stereocenters. The van der Waals surface area contributed by atoms with Crippen molar-refractivity contribution in [2.75, 3.05) is 11.9 Å². The first-order chi connectivity index (χ1) is 11.4. The zero-order valence-corrected chi connectivity index (χ0v) is 15.0. The van der Waals surface area contributed by atoms with Gasteiger partial charge in [0.25, 0.3) is 0 Å². The molecule has 1 aliphatic carbocycles. The lowest BCUT2D eigenvalue weighted by Gasteiger charge is -2.33. The van der Waals surface area contributed by atoms with Gasteiger partial charge in [-0.05, 0) is 37.8 Å². The van der Waals surface area contributed by atoms with Gasteiger partial charge in [0.05, 0.1) is 11.3 Å². The molecule has 130 valence electrons. The molecule has 0 unspecified atom stereocenters. The Morgan fingerprint density at radius 2 is 1.96 bits per heavy atom. The normalized spacial score (nSPS) is 16.0. The van der Waals surface area contributed by atoms with Crippen molar-refractivity contribution < 1.29 is 9.90 Å². The van der Waals surface area contributed by atoms with Gasteiger partial charge in [0.2, 0.25) is 0 Å². The first kappa shape index (κ1) is 16.8. The second-order valence-corrected chi connectivity index (χ2v) is 7.26. The number of aromatic nitrogens is 2. The zero-order chi connectivity index (χ0) is 17.4. The number of imidazole rings is 1. The molecular formula is C19H27N3O2. The summed E-state index contributed by atoms with van der Waals surface area (Å²) >= 11 is 0. The van der Waals surface area contributed by atoms with E-state index in [1.807, 2.05) is 6.92 Å². The topological polar surface area (TPSA) is 57.8 Å². The third-order valence-electron chi connectivity index (χ3n) is 5.16. The second kappa shape index (κ2) is 6.46. The Morgan fingerprint density at radius 3 is 2.54 bits per heavy atom. The molecule has 1 fully saturated rings. The zero-order valence-electron chi connectivity index (χ0n) is 15.0. The Bertz CT molecular complexity index is 758. The summed E-state index contributed by atoms with van der Waals surface area (Å²) in [6, 6.07) is 3.95. The van der Waals surface area contributed by atoms with Crippen LogP contribution in [0.25, 0.3) is 5.65 Å². The van der Waals surface area contributed by atoms with E-state index >= 15 is 0 Å². The first-order valence-electron chi connectivity index (χ1n) is 8.89. The van der Waals surface area contributed by atoms with E-state index in [2.05, 4.69) is 30.2 Å². The van der Waals surface area contributed by atoms with Crippen molar-refractivity contribution in [2.45, 2.75) is 64.8 Å². The molecule has 2 heterocycles. The van der Waals surface area contributed by atoms with Gasteiger partial charge < -0.3 is 10.0 Å². The van der Waals surface area contributed by atoms with Crippen molar-refractivity contribution in [2.24, 2.45) is 0 Å². The number of rotatable bonds is 4. The lowest BCUT2D eigenvalue weighted by Crippen LogP contribution is -2.35. The molecule has 0 radical (unpaired) electrons. The smallest absolute Gasteiger partial charge is 0.335 e. The standard InChI is InChI=1S/C19H27N3O2/c1-12(2)17-18(21(4)15-8-6-5-7-9-15)22-13(3)10-14(19(23)24)11-16(22)20-17/h10-12,15H,5-9H2,1-4H3,(H,23,24). The van der Waals surface area contributed by atoms with Crippen molar-refractivity contribution in [1.29, 1.82) is 0 Å². The Balaban J connectivity index is 2.16. The molecular weight excluding hydrogens is 302 g/mol. The Labute approximate surface area is 143 Å². The SMILES string of the molecule is Cc1cc(C(=O)O)cc2nc(C(C)C)c(N(C)C3CCCCC3)n12. The first-order valence-corrected chi connectivity index (χ1v) is 8.89. The van der Waals surface area contributed by atoms with Crippen LogP contribution < -0.4 is 4.90 Å². The number of aryl methyl sites for hydroxylation is 1. The number of anilines is 1. The summed E-state index contributed by atoms with van der Waals surface area (Å²) in [6.45, 7) is 6.25. The lowest BCUT2D eigenvalue weighted by molar-refractivity contribution is 0.0696. The number of carboxylic acid groups (broad SMARTS) is 1. The molecule has 1 N–H and O–H groups in total. The minimum atomic E-state index is -0.906. The van der Waals surface area contributed by atoms with Crippen LogP contribution in [0, 0.1) is 6.92 Å². The number of carboxylic acids is 1. The Hall–Kier alpha value is -2.04. The molecule has 0 amide bonds. The van der Waals surface area contributed by atoms with Gasteiger partial charge in [-0.3, -0.25) is 4.40 Å². The number of carbonyl (C=O) groups is 1. The van der Waals surface area contributed by atoms with E-state index in [-0.39, 0.29) is 0 Å². The minimum absolute atomic E-state index is 0.290. The van der Waals surface area contributed by atoms with E-state index < -0.39 is 5.97 Å². The van der Waals surface area contributed by atoms with Crippen molar-refractivity contribution in [3.63, 3.8) is 0 Å². The highest BCUT2D eigenvalue weighted by Gasteiger charge is 2.26. The van der Waals surface area contributed by atoms with Crippen LogP contribution in [0.2, 0.25) is 0 Å². The predicted molar refractivity (Wildman–Crippen MR) is 96.3 cm³/mol. The number of aromatic carboxylic acids is 1. The monoisotopic (exact) mass is 329 g/mol. The van der Waals surface area contributed by atoms with Crippen LogP contribution in [0.5, 0.6) is 0 Å². The molecule has 2 aromatic rings. The highest BCUT2D eigenvalue weighted by Crippen LogP contribution is 2.33. The largest absolute Gasteiger partial charge is 0.478 e. The van der Waals surface area contributed by atoms with E-state index in [0.29, 0.717) is 17.5 Å². The molecule has 0 saturated heterocycles. The number of hydrogen-bond donors (Lipinski definition) is 1. The van der Waals surface area contributed by atoms with Crippen molar-refractivity contribution in [1.82, 2.24) is 9.38 Å². The Morgan fingerprint density at radius 1 is 1.29 bits per heavy atom. The van der Waals surface area contributed by atoms with Crippen LogP contribution in [-0.2, 0) is 0 Å². The van der Waals surface area contributed by atoms with Gasteiger partial charge in [0.15, 0.2) is 0 Å². The van der Waals surface area contributed by atoms with Gasteiger partial charge in [0, 0.05) is 18.8 Å². The highest BCUT2D eigenvalue weighted by molar-refractivity contribution is 5.89. The van der Waals surface area contributed by atoms with Crippen LogP contribution in [0.1, 0.15) is 73.6 Å². The van der Waals surface area contributed by atoms with Gasteiger partial charge in [-0.2, -0.15) is 0 Å². The molecule has 1 saturated carbocycles. The van der Waals surface area contributed by atoms with Gasteiger partial charge in [-0.25, -0.2) is 9.78 Å². The molecule has 0 aliphatic heterocycles. The minimum Gasteiger partial charge on any atom is -0.478 e. The van der Waals surface area contributed by atoms with E-state index in [1.54, 1.807) is 12.1 Å². The third kappa shape index (κ3) is 2.87. The second-order valence-electron chi connectivity index (χ2n) is 7.26. The fraction of sp³-hybridized carbons (Fsp3) is 0.579. The Kier molecular flexibility index (Phi) is 4.52. The van der Waals surface area contributed by atoms with Crippen LogP contribution in [0.3, 0.4) is 0 Å². The summed E-state index contributed by atoms with van der Waals surface area (Å²) in [4.78, 5) is 18.5. The molecule has 0 aromatic carbocycles. The predicted octanol–water partition coefficient (Wildman–Crippen LogP) is 4.23. The maximum Gasteiger partial charge on any atom is 0.335 e. The fourth-order valence-corrected chi connectivity index (χ4v) is 3.85. The summed E-state index contributed by atoms with van der Waals surface area (Å²) < 4.78 is 2.12. The van der Waals surface area contributed by atoms with Crippen molar-refractivity contribution in [3.8, 4) is 0 Å². The van der Waals surface area contributed by atoms with E-state index in [0.717, 1.165) is 22.9 Å². The van der Waals surface area contributed by atoms with Crippen LogP contribution in [0.4, 0.5) is 5.82 Å². The van der Waals surface area contributed by atoms with Crippen molar-refractivity contribution >= 4 is 17.4 Å². The molecule has 5 nitrogen and oxygen atoms in total. The molecule has 0 spiro atoms. The average Bonchev–Trinajstić information content (AvgIpc) is 2.95. The van der Waals surface area contributed by atoms with Crippen LogP contribution >= 0.6 is 0 Å². The molecule has 5 heteroatoms. The maximum atomic E-state index is 11.4. The van der Waals surface area contributed by atoms with Crippen LogP contribution in [-0.4, -0.2) is 33.6 Å². The summed E-state index contributed by atoms with van der Waals surface area (Å²) in [5.41, 5.74) is 3.00. The quantitative estimate of drug-likeness (QED) is 0.912. The maximum absolute atomic E-state index is 11.4. The van der Waals surface area contributed by atoms with E-state index in [9.17, 15) is 9.90 Å². The summed E-state index contributed by atoms with van der Waals surface area (Å²) in [5, 5.41) is 9.32. The number of nitrogens with zero attached hydrogens (tertiary/aromatic N) is 3.